The van der Waals surface area contributed by atoms with Crippen molar-refractivity contribution in [3.8, 4) is 16.9 Å². The predicted molar refractivity (Wildman–Crippen MR) is 171 cm³/mol. The molecule has 0 spiro atoms. The van der Waals surface area contributed by atoms with Crippen LogP contribution in [0.25, 0.3) is 16.9 Å². The van der Waals surface area contributed by atoms with Crippen molar-refractivity contribution in [2.45, 2.75) is 104 Å². The molecule has 0 aliphatic carbocycles. The van der Waals surface area contributed by atoms with Gasteiger partial charge in [-0.05, 0) is 32.4 Å². The van der Waals surface area contributed by atoms with Crippen molar-refractivity contribution in [3.63, 3.8) is 0 Å². The first-order chi connectivity index (χ1) is 19.9. The van der Waals surface area contributed by atoms with Gasteiger partial charge < -0.3 is 10.2 Å². The molecule has 1 heterocycles. The van der Waals surface area contributed by atoms with Crippen molar-refractivity contribution in [2.24, 2.45) is 0 Å². The molecule has 0 aliphatic heterocycles. The highest BCUT2D eigenvalue weighted by Gasteiger charge is 2.22. The minimum absolute atomic E-state index is 0.0110. The monoisotopic (exact) mass is 578 g/mol. The van der Waals surface area contributed by atoms with Crippen LogP contribution in [0, 0.1) is 0 Å². The molecule has 0 atom stereocenters. The fraction of sp³-hybridized carbons (Fsp3) is 0.500. The largest absolute Gasteiger partial charge is 0.331 e. The van der Waals surface area contributed by atoms with Crippen molar-refractivity contribution < 1.29 is 9.59 Å². The Bertz CT molecular complexity index is 1210. The van der Waals surface area contributed by atoms with E-state index in [9.17, 15) is 9.59 Å². The van der Waals surface area contributed by atoms with E-state index in [1.165, 1.54) is 57.8 Å². The normalized spacial score (nSPS) is 11.1. The van der Waals surface area contributed by atoms with Gasteiger partial charge in [0, 0.05) is 24.1 Å². The average Bonchev–Trinajstić information content (AvgIpc) is 3.38. The van der Waals surface area contributed by atoms with Crippen molar-refractivity contribution >= 4 is 29.2 Å². The summed E-state index contributed by atoms with van der Waals surface area (Å²) in [5.74, 6) is 0.262. The Morgan fingerprint density at radius 3 is 2.05 bits per heavy atom. The van der Waals surface area contributed by atoms with Gasteiger partial charge in [-0.1, -0.05) is 125 Å². The second-order valence-electron chi connectivity index (χ2n) is 11.1. The van der Waals surface area contributed by atoms with E-state index in [-0.39, 0.29) is 24.4 Å². The molecule has 7 heteroatoms. The van der Waals surface area contributed by atoms with Gasteiger partial charge in [0.25, 0.3) is 0 Å². The molecule has 3 aromatic rings. The molecule has 41 heavy (non-hydrogen) atoms. The van der Waals surface area contributed by atoms with Gasteiger partial charge in [0.15, 0.2) is 0 Å². The number of amides is 2. The number of aromatic nitrogens is 2. The fourth-order valence-corrected chi connectivity index (χ4v) is 5.22. The highest BCUT2D eigenvalue weighted by atomic mass is 35.5. The zero-order chi connectivity index (χ0) is 29.5. The Kier molecular flexibility index (Phi) is 13.9. The van der Waals surface area contributed by atoms with Gasteiger partial charge in [-0.2, -0.15) is 5.10 Å². The Hall–Kier alpha value is -3.12. The third kappa shape index (κ3) is 10.7. The van der Waals surface area contributed by atoms with Crippen LogP contribution in [-0.2, 0) is 9.59 Å². The Morgan fingerprint density at radius 2 is 1.44 bits per heavy atom. The van der Waals surface area contributed by atoms with Gasteiger partial charge in [0.05, 0.1) is 16.4 Å². The third-order valence-corrected chi connectivity index (χ3v) is 7.70. The first-order valence-corrected chi connectivity index (χ1v) is 15.8. The summed E-state index contributed by atoms with van der Waals surface area (Å²) in [6.45, 7) is 6.14. The van der Waals surface area contributed by atoms with Crippen LogP contribution >= 0.6 is 11.6 Å². The van der Waals surface area contributed by atoms with Crippen molar-refractivity contribution in [1.29, 1.82) is 0 Å². The number of para-hydroxylation sites is 1. The standard InChI is InChI=1S/C34H47ClN4O2/c1-4-5-6-7-8-9-10-11-12-13-17-24-34(41)38(27(2)3)26-33(40)36-32-25-30(28-20-15-14-16-21-28)37-39(32)31-23-19-18-22-29(31)35/h14-16,18-23,25,27H,4-13,17,24,26H2,1-3H3,(H,36,40). The number of carbonyl (C=O) groups is 2. The van der Waals surface area contributed by atoms with Gasteiger partial charge in [0.1, 0.15) is 12.4 Å². The molecule has 222 valence electrons. The molecule has 2 aromatic carbocycles. The summed E-state index contributed by atoms with van der Waals surface area (Å²) in [6, 6.07) is 18.9. The molecular weight excluding hydrogens is 532 g/mol. The molecule has 1 aromatic heterocycles. The van der Waals surface area contributed by atoms with Crippen LogP contribution in [0.1, 0.15) is 97.8 Å². The lowest BCUT2D eigenvalue weighted by atomic mass is 10.0. The molecule has 0 fully saturated rings. The lowest BCUT2D eigenvalue weighted by molar-refractivity contribution is -0.136. The van der Waals surface area contributed by atoms with E-state index in [4.69, 9.17) is 16.7 Å². The highest BCUT2D eigenvalue weighted by molar-refractivity contribution is 6.32. The van der Waals surface area contributed by atoms with Gasteiger partial charge >= 0.3 is 0 Å². The maximum absolute atomic E-state index is 13.2. The van der Waals surface area contributed by atoms with Gasteiger partial charge in [-0.3, -0.25) is 9.59 Å². The number of nitrogens with one attached hydrogen (secondary N) is 1. The highest BCUT2D eigenvalue weighted by Crippen LogP contribution is 2.28. The summed E-state index contributed by atoms with van der Waals surface area (Å²) >= 11 is 6.48. The zero-order valence-corrected chi connectivity index (χ0v) is 25.8. The molecule has 0 saturated carbocycles. The van der Waals surface area contributed by atoms with E-state index in [2.05, 4.69) is 12.2 Å². The van der Waals surface area contributed by atoms with Crippen LogP contribution in [0.4, 0.5) is 5.82 Å². The smallest absolute Gasteiger partial charge is 0.245 e. The minimum atomic E-state index is -0.265. The molecular formula is C34H47ClN4O2. The number of nitrogens with zero attached hydrogens (tertiary/aromatic N) is 3. The molecule has 0 unspecified atom stereocenters. The first-order valence-electron chi connectivity index (χ1n) is 15.4. The summed E-state index contributed by atoms with van der Waals surface area (Å²) in [7, 11) is 0. The van der Waals surface area contributed by atoms with Gasteiger partial charge in [0.2, 0.25) is 11.8 Å². The lowest BCUT2D eigenvalue weighted by Gasteiger charge is -2.26. The number of halogens is 1. The van der Waals surface area contributed by atoms with E-state index < -0.39 is 0 Å². The summed E-state index contributed by atoms with van der Waals surface area (Å²) in [5.41, 5.74) is 2.31. The lowest BCUT2D eigenvalue weighted by Crippen LogP contribution is -2.42. The van der Waals surface area contributed by atoms with Crippen molar-refractivity contribution in [1.82, 2.24) is 14.7 Å². The van der Waals surface area contributed by atoms with Crippen molar-refractivity contribution in [3.05, 3.63) is 65.7 Å². The predicted octanol–water partition coefficient (Wildman–Crippen LogP) is 9.07. The molecule has 0 saturated heterocycles. The van der Waals surface area contributed by atoms with Crippen LogP contribution in [0.2, 0.25) is 5.02 Å². The van der Waals surface area contributed by atoms with Crippen LogP contribution in [0.15, 0.2) is 60.7 Å². The maximum atomic E-state index is 13.2. The number of benzene rings is 2. The SMILES string of the molecule is CCCCCCCCCCCCCC(=O)N(CC(=O)Nc1cc(-c2ccccc2)nn1-c1ccccc1Cl)C(C)C. The van der Waals surface area contributed by atoms with Crippen LogP contribution < -0.4 is 5.32 Å². The number of anilines is 1. The number of hydrogen-bond donors (Lipinski definition) is 1. The molecule has 3 rings (SSSR count). The number of rotatable bonds is 18. The van der Waals surface area contributed by atoms with Crippen LogP contribution in [0.5, 0.6) is 0 Å². The molecule has 6 nitrogen and oxygen atoms in total. The molecule has 0 bridgehead atoms. The summed E-state index contributed by atoms with van der Waals surface area (Å²) in [4.78, 5) is 28.0. The second-order valence-corrected chi connectivity index (χ2v) is 11.5. The average molecular weight is 579 g/mol. The Balaban J connectivity index is 1.54. The molecule has 1 N–H and O–H groups in total. The van der Waals surface area contributed by atoms with E-state index in [1.807, 2.05) is 68.4 Å². The van der Waals surface area contributed by atoms with E-state index >= 15 is 0 Å². The number of hydrogen-bond acceptors (Lipinski definition) is 3. The Labute approximate surface area is 251 Å². The zero-order valence-electron chi connectivity index (χ0n) is 25.1. The number of unbranched alkanes of at least 4 members (excludes halogenated alkanes) is 10. The van der Waals surface area contributed by atoms with E-state index in [1.54, 1.807) is 15.6 Å². The summed E-state index contributed by atoms with van der Waals surface area (Å²) < 4.78 is 1.65. The van der Waals surface area contributed by atoms with Gasteiger partial charge in [-0.25, -0.2) is 4.68 Å². The molecule has 0 aliphatic rings. The van der Waals surface area contributed by atoms with Crippen LogP contribution in [0.3, 0.4) is 0 Å². The first kappa shape index (κ1) is 32.4. The minimum Gasteiger partial charge on any atom is -0.331 e. The third-order valence-electron chi connectivity index (χ3n) is 7.38. The summed E-state index contributed by atoms with van der Waals surface area (Å²) in [5, 5.41) is 8.26. The van der Waals surface area contributed by atoms with Crippen LogP contribution in [-0.4, -0.2) is 39.1 Å². The van der Waals surface area contributed by atoms with Crippen molar-refractivity contribution in [2.75, 3.05) is 11.9 Å². The van der Waals surface area contributed by atoms with Gasteiger partial charge in [-0.15, -0.1) is 0 Å². The second kappa shape index (κ2) is 17.6. The van der Waals surface area contributed by atoms with E-state index in [0.29, 0.717) is 28.6 Å². The number of carbonyl (C=O) groups excluding carboxylic acids is 2. The van der Waals surface area contributed by atoms with E-state index in [0.717, 1.165) is 18.4 Å². The Morgan fingerprint density at radius 1 is 0.854 bits per heavy atom. The molecule has 0 radical (unpaired) electrons. The quantitative estimate of drug-likeness (QED) is 0.153. The summed E-state index contributed by atoms with van der Waals surface area (Å²) in [6.07, 6.45) is 14.1. The fourth-order valence-electron chi connectivity index (χ4n) is 5.01. The molecule has 2 amide bonds. The topological polar surface area (TPSA) is 67.2 Å². The maximum Gasteiger partial charge on any atom is 0.245 e.